The monoisotopic (exact) mass is 392 g/mol. The first-order valence-corrected chi connectivity index (χ1v) is 9.11. The van der Waals surface area contributed by atoms with E-state index in [0.717, 1.165) is 10.8 Å². The third kappa shape index (κ3) is 6.33. The maximum atomic E-state index is 12.5. The number of furan rings is 1. The first kappa shape index (κ1) is 21.3. The summed E-state index contributed by atoms with van der Waals surface area (Å²) in [6.45, 7) is 8.71. The Kier molecular flexibility index (Phi) is 6.71. The van der Waals surface area contributed by atoms with E-state index >= 15 is 0 Å². The lowest BCUT2D eigenvalue weighted by molar-refractivity contribution is -0.119. The molecule has 28 heavy (non-hydrogen) atoms. The summed E-state index contributed by atoms with van der Waals surface area (Å²) in [4.78, 5) is 39.7. The molecular weight excluding hydrogens is 364 g/mol. The van der Waals surface area contributed by atoms with E-state index in [1.54, 1.807) is 21.9 Å². The van der Waals surface area contributed by atoms with Gasteiger partial charge in [-0.25, -0.2) is 14.6 Å². The molecule has 0 unspecified atom stereocenters. The SMILES string of the molecule is Cc1ccc(C=CC(=O)NN(C)C(=O)N2CCN(C(=O)OC(C)(C)C)CC2)o1. The Bertz CT molecular complexity index is 742. The largest absolute Gasteiger partial charge is 0.462 e. The molecule has 4 amide bonds. The average Bonchev–Trinajstić information content (AvgIpc) is 3.03. The predicted octanol–water partition coefficient (Wildman–Crippen LogP) is 2.24. The van der Waals surface area contributed by atoms with Crippen LogP contribution in [0.5, 0.6) is 0 Å². The maximum absolute atomic E-state index is 12.5. The summed E-state index contributed by atoms with van der Waals surface area (Å²) in [5, 5.41) is 1.13. The maximum Gasteiger partial charge on any atom is 0.410 e. The van der Waals surface area contributed by atoms with Crippen LogP contribution in [-0.2, 0) is 9.53 Å². The van der Waals surface area contributed by atoms with E-state index in [0.29, 0.717) is 31.9 Å². The van der Waals surface area contributed by atoms with E-state index in [1.165, 1.54) is 19.2 Å². The lowest BCUT2D eigenvalue weighted by Crippen LogP contribution is -2.56. The quantitative estimate of drug-likeness (QED) is 0.615. The summed E-state index contributed by atoms with van der Waals surface area (Å²) in [6.07, 6.45) is 2.43. The van der Waals surface area contributed by atoms with Crippen LogP contribution >= 0.6 is 0 Å². The van der Waals surface area contributed by atoms with E-state index < -0.39 is 11.5 Å². The number of ether oxygens (including phenoxy) is 1. The third-order valence-corrected chi connectivity index (χ3v) is 3.93. The summed E-state index contributed by atoms with van der Waals surface area (Å²) in [5.74, 6) is 0.857. The fourth-order valence-electron chi connectivity index (χ4n) is 2.57. The summed E-state index contributed by atoms with van der Waals surface area (Å²) in [6, 6.07) is 3.20. The van der Waals surface area contributed by atoms with Crippen molar-refractivity contribution in [2.75, 3.05) is 33.2 Å². The number of carbonyl (C=O) groups excluding carboxylic acids is 3. The molecule has 1 N–H and O–H groups in total. The van der Waals surface area contributed by atoms with Crippen molar-refractivity contribution < 1.29 is 23.5 Å². The molecule has 1 aromatic rings. The van der Waals surface area contributed by atoms with Crippen LogP contribution < -0.4 is 5.43 Å². The van der Waals surface area contributed by atoms with E-state index in [-0.39, 0.29) is 12.1 Å². The molecule has 2 rings (SSSR count). The van der Waals surface area contributed by atoms with Crippen LogP contribution in [0, 0.1) is 6.92 Å². The molecule has 9 nitrogen and oxygen atoms in total. The molecule has 1 aliphatic rings. The summed E-state index contributed by atoms with van der Waals surface area (Å²) in [5.41, 5.74) is 1.93. The minimum absolute atomic E-state index is 0.348. The second-order valence-electron chi connectivity index (χ2n) is 7.55. The molecule has 154 valence electrons. The molecule has 9 heteroatoms. The van der Waals surface area contributed by atoms with Crippen molar-refractivity contribution in [3.63, 3.8) is 0 Å². The van der Waals surface area contributed by atoms with Gasteiger partial charge in [-0.3, -0.25) is 10.2 Å². The Balaban J connectivity index is 1.80. The highest BCUT2D eigenvalue weighted by molar-refractivity contribution is 5.92. The number of hydrazine groups is 1. The second-order valence-corrected chi connectivity index (χ2v) is 7.55. The van der Waals surface area contributed by atoms with Crippen LogP contribution in [0.1, 0.15) is 32.3 Å². The van der Waals surface area contributed by atoms with Gasteiger partial charge in [0, 0.05) is 39.3 Å². The zero-order valence-electron chi connectivity index (χ0n) is 17.0. The molecule has 1 saturated heterocycles. The lowest BCUT2D eigenvalue weighted by atomic mass is 10.2. The van der Waals surface area contributed by atoms with Gasteiger partial charge in [-0.1, -0.05) is 0 Å². The molecule has 0 aliphatic carbocycles. The number of nitrogens with one attached hydrogen (secondary N) is 1. The molecule has 0 radical (unpaired) electrons. The van der Waals surface area contributed by atoms with Gasteiger partial charge in [-0.2, -0.15) is 0 Å². The van der Waals surface area contributed by atoms with Crippen molar-refractivity contribution in [2.45, 2.75) is 33.3 Å². The number of hydrogen-bond donors (Lipinski definition) is 1. The van der Waals surface area contributed by atoms with Gasteiger partial charge in [-0.05, 0) is 45.9 Å². The van der Waals surface area contributed by atoms with E-state index in [4.69, 9.17) is 9.15 Å². The number of rotatable bonds is 2. The Morgan fingerprint density at radius 3 is 2.29 bits per heavy atom. The molecule has 0 bridgehead atoms. The van der Waals surface area contributed by atoms with Crippen LogP contribution in [0.3, 0.4) is 0 Å². The van der Waals surface area contributed by atoms with Crippen LogP contribution in [0.2, 0.25) is 0 Å². The fourth-order valence-corrected chi connectivity index (χ4v) is 2.57. The van der Waals surface area contributed by atoms with Crippen molar-refractivity contribution in [2.24, 2.45) is 0 Å². The van der Waals surface area contributed by atoms with Crippen LogP contribution in [0.4, 0.5) is 9.59 Å². The Hall–Kier alpha value is -2.97. The van der Waals surface area contributed by atoms with Crippen molar-refractivity contribution in [3.05, 3.63) is 29.7 Å². The zero-order valence-corrected chi connectivity index (χ0v) is 17.0. The number of nitrogens with zero attached hydrogens (tertiary/aromatic N) is 3. The van der Waals surface area contributed by atoms with Gasteiger partial charge in [-0.15, -0.1) is 0 Å². The molecule has 1 fully saturated rings. The van der Waals surface area contributed by atoms with Crippen molar-refractivity contribution in [1.82, 2.24) is 20.2 Å². The van der Waals surface area contributed by atoms with Gasteiger partial charge in [0.25, 0.3) is 5.91 Å². The van der Waals surface area contributed by atoms with Gasteiger partial charge in [0.15, 0.2) is 0 Å². The number of piperazine rings is 1. The fraction of sp³-hybridized carbons (Fsp3) is 0.526. The smallest absolute Gasteiger partial charge is 0.410 e. The van der Waals surface area contributed by atoms with Gasteiger partial charge < -0.3 is 19.0 Å². The van der Waals surface area contributed by atoms with Gasteiger partial charge in [0.2, 0.25) is 0 Å². The summed E-state index contributed by atoms with van der Waals surface area (Å²) < 4.78 is 10.7. The number of aryl methyl sites for hydroxylation is 1. The molecule has 1 aliphatic heterocycles. The topological polar surface area (TPSA) is 95.3 Å². The van der Waals surface area contributed by atoms with Crippen LogP contribution in [-0.4, -0.2) is 71.7 Å². The standard InChI is InChI=1S/C19H28N4O5/c1-14-6-7-15(27-14)8-9-16(24)20-21(5)17(25)22-10-12-23(13-11-22)18(26)28-19(2,3)4/h6-9H,10-13H2,1-5H3,(H,20,24). The van der Waals surface area contributed by atoms with Gasteiger partial charge in [0.05, 0.1) is 0 Å². The third-order valence-electron chi connectivity index (χ3n) is 3.93. The molecule has 0 spiro atoms. The van der Waals surface area contributed by atoms with E-state index in [2.05, 4.69) is 5.43 Å². The van der Waals surface area contributed by atoms with Crippen molar-refractivity contribution in [3.8, 4) is 0 Å². The van der Waals surface area contributed by atoms with Crippen molar-refractivity contribution >= 4 is 24.1 Å². The highest BCUT2D eigenvalue weighted by Crippen LogP contribution is 2.12. The van der Waals surface area contributed by atoms with Crippen LogP contribution in [0.15, 0.2) is 22.6 Å². The molecule has 2 heterocycles. The molecule has 0 aromatic carbocycles. The zero-order chi connectivity index (χ0) is 20.9. The number of hydrogen-bond acceptors (Lipinski definition) is 5. The predicted molar refractivity (Wildman–Crippen MR) is 103 cm³/mol. The Morgan fingerprint density at radius 2 is 1.75 bits per heavy atom. The number of amides is 4. The Morgan fingerprint density at radius 1 is 1.14 bits per heavy atom. The highest BCUT2D eigenvalue weighted by atomic mass is 16.6. The lowest BCUT2D eigenvalue weighted by Gasteiger charge is -2.37. The first-order chi connectivity index (χ1) is 13.0. The van der Waals surface area contributed by atoms with Crippen molar-refractivity contribution in [1.29, 1.82) is 0 Å². The van der Waals surface area contributed by atoms with Crippen LogP contribution in [0.25, 0.3) is 6.08 Å². The number of carbonyl (C=O) groups is 3. The number of urea groups is 1. The molecule has 0 saturated carbocycles. The Labute approximate surface area is 164 Å². The summed E-state index contributed by atoms with van der Waals surface area (Å²) in [7, 11) is 1.48. The highest BCUT2D eigenvalue weighted by Gasteiger charge is 2.29. The second kappa shape index (κ2) is 8.81. The van der Waals surface area contributed by atoms with Gasteiger partial charge in [0.1, 0.15) is 17.1 Å². The molecular formula is C19H28N4O5. The first-order valence-electron chi connectivity index (χ1n) is 9.11. The molecule has 1 aromatic heterocycles. The minimum Gasteiger partial charge on any atom is -0.462 e. The van der Waals surface area contributed by atoms with E-state index in [9.17, 15) is 14.4 Å². The molecule has 0 atom stereocenters. The summed E-state index contributed by atoms with van der Waals surface area (Å²) >= 11 is 0. The van der Waals surface area contributed by atoms with E-state index in [1.807, 2.05) is 27.7 Å². The average molecular weight is 392 g/mol. The normalized spacial score (nSPS) is 14.9. The minimum atomic E-state index is -0.559. The van der Waals surface area contributed by atoms with Gasteiger partial charge >= 0.3 is 12.1 Å².